The van der Waals surface area contributed by atoms with Crippen molar-refractivity contribution < 1.29 is 8.97 Å². The normalized spacial score (nSPS) is 12.2. The van der Waals surface area contributed by atoms with Gasteiger partial charge in [0.15, 0.2) is 0 Å². The third-order valence-corrected chi connectivity index (χ3v) is 0.721. The molecule has 0 rings (SSSR count). The molecule has 0 aromatic carbocycles. The molecule has 0 spiro atoms. The van der Waals surface area contributed by atoms with Crippen molar-refractivity contribution in [1.29, 1.82) is 0 Å². The van der Waals surface area contributed by atoms with Gasteiger partial charge in [0, 0.05) is 0 Å². The van der Waals surface area contributed by atoms with Gasteiger partial charge in [-0.25, -0.2) is 8.97 Å². The van der Waals surface area contributed by atoms with E-state index in [1.807, 2.05) is 0 Å². The van der Waals surface area contributed by atoms with Gasteiger partial charge in [0.1, 0.15) is 0 Å². The molecule has 2 heteroatoms. The smallest absolute Gasteiger partial charge is 0.201 e. The van der Waals surface area contributed by atoms with E-state index in [1.54, 1.807) is 0 Å². The lowest BCUT2D eigenvalue weighted by molar-refractivity contribution is -0.820. The van der Waals surface area contributed by atoms with E-state index < -0.39 is 0 Å². The molecule has 2 nitrogen and oxygen atoms in total. The summed E-state index contributed by atoms with van der Waals surface area (Å²) in [4.78, 5) is 0. The van der Waals surface area contributed by atoms with Crippen molar-refractivity contribution in [3.05, 3.63) is 0 Å². The van der Waals surface area contributed by atoms with Crippen molar-refractivity contribution in [3.63, 3.8) is 0 Å². The van der Waals surface area contributed by atoms with Crippen molar-refractivity contribution >= 4 is 0 Å². The second kappa shape index (κ2) is 2.61. The Labute approximate surface area is 64.2 Å². The summed E-state index contributed by atoms with van der Waals surface area (Å²) < 4.78 is 1.41. The van der Waals surface area contributed by atoms with E-state index in [2.05, 4.69) is 54.4 Å². The molecule has 0 aliphatic rings. The van der Waals surface area contributed by atoms with Gasteiger partial charge >= 0.3 is 0 Å². The van der Waals surface area contributed by atoms with E-state index in [4.69, 9.17) is 0 Å². The molecule has 0 radical (unpaired) electrons. The van der Waals surface area contributed by atoms with Crippen LogP contribution < -0.4 is 0 Å². The predicted octanol–water partition coefficient (Wildman–Crippen LogP) is 0.317. The average Bonchev–Trinajstić information content (AvgIpc) is 1.57. The maximum atomic E-state index is 3.12. The number of rotatable bonds is 0. The van der Waals surface area contributed by atoms with Gasteiger partial charge in [-0.3, -0.25) is 0 Å². The zero-order chi connectivity index (χ0) is 8.41. The third-order valence-electron chi connectivity index (χ3n) is 0.721. The maximum absolute atomic E-state index is 3.12. The third kappa shape index (κ3) is 7.48. The average molecular weight is 142 g/mol. The van der Waals surface area contributed by atoms with Gasteiger partial charge in [-0.15, -0.1) is 0 Å². The molecule has 0 amide bonds. The van der Waals surface area contributed by atoms with Crippen LogP contribution in [-0.4, -0.2) is 51.3 Å². The molecule has 0 fully saturated rings. The van der Waals surface area contributed by atoms with Gasteiger partial charge < -0.3 is 0 Å². The molecule has 0 atom stereocenters. The first-order valence-electron chi connectivity index (χ1n) is 3.38. The highest BCUT2D eigenvalue weighted by molar-refractivity contribution is 4.79. The molecule has 0 aromatic heterocycles. The van der Waals surface area contributed by atoms with Crippen LogP contribution in [0.4, 0.5) is 0 Å². The molecular weight excluding hydrogens is 124 g/mol. The summed E-state index contributed by atoms with van der Waals surface area (Å²) >= 11 is 0. The largest absolute Gasteiger partial charge is 0.249 e. The van der Waals surface area contributed by atoms with Crippen LogP contribution in [0.15, 0.2) is 0 Å². The Morgan fingerprint density at radius 1 is 0.600 bits per heavy atom. The number of quaternary nitrogens is 2. The lowest BCUT2D eigenvalue weighted by Crippen LogP contribution is -2.32. The Hall–Kier alpha value is -0.520. The van der Waals surface area contributed by atoms with Crippen LogP contribution in [0, 0.1) is 12.1 Å². The minimum Gasteiger partial charge on any atom is -0.249 e. The maximum Gasteiger partial charge on any atom is 0.201 e. The molecule has 0 heterocycles. The molecular formula is C8H18N2+2. The highest BCUT2D eigenvalue weighted by Gasteiger charge is 2.06. The van der Waals surface area contributed by atoms with Crippen molar-refractivity contribution in [2.24, 2.45) is 0 Å². The van der Waals surface area contributed by atoms with Crippen molar-refractivity contribution in [3.8, 4) is 12.1 Å². The lowest BCUT2D eigenvalue weighted by atomic mass is 10.6. The second-order valence-electron chi connectivity index (χ2n) is 4.25. The topological polar surface area (TPSA) is 0 Å². The van der Waals surface area contributed by atoms with Gasteiger partial charge in [-0.1, -0.05) is 0 Å². The van der Waals surface area contributed by atoms with Crippen LogP contribution in [0.5, 0.6) is 0 Å². The molecule has 0 aliphatic heterocycles. The summed E-state index contributed by atoms with van der Waals surface area (Å²) in [5.74, 6) is 0. The molecule has 58 valence electrons. The Balaban J connectivity index is 4.19. The first-order valence-corrected chi connectivity index (χ1v) is 3.38. The fraction of sp³-hybridized carbons (Fsp3) is 0.750. The van der Waals surface area contributed by atoms with Crippen LogP contribution in [0.3, 0.4) is 0 Å². The first kappa shape index (κ1) is 9.48. The number of hydrogen-bond acceptors (Lipinski definition) is 0. The summed E-state index contributed by atoms with van der Waals surface area (Å²) in [7, 11) is 12.3. The van der Waals surface area contributed by atoms with Gasteiger partial charge in [0.2, 0.25) is 12.1 Å². The molecule has 0 aliphatic carbocycles. The lowest BCUT2D eigenvalue weighted by Gasteiger charge is -2.15. The fourth-order valence-electron chi connectivity index (χ4n) is 0.300. The zero-order valence-corrected chi connectivity index (χ0v) is 7.89. The molecule has 0 unspecified atom stereocenters. The van der Waals surface area contributed by atoms with E-state index in [0.717, 1.165) is 0 Å². The standard InChI is InChI=1S/C8H18N2/c1-9(2,3)7-8-10(4,5)6/h1-6H3/q+2. The second-order valence-corrected chi connectivity index (χ2v) is 4.25. The minimum atomic E-state index is 0.704. The SMILES string of the molecule is C[N+](C)(C)C#C[N+](C)(C)C. The van der Waals surface area contributed by atoms with Gasteiger partial charge in [-0.05, 0) is 0 Å². The Morgan fingerprint density at radius 2 is 0.800 bits per heavy atom. The molecule has 10 heavy (non-hydrogen) atoms. The van der Waals surface area contributed by atoms with E-state index in [9.17, 15) is 0 Å². The predicted molar refractivity (Wildman–Crippen MR) is 43.8 cm³/mol. The summed E-state index contributed by atoms with van der Waals surface area (Å²) in [6.07, 6.45) is 0. The van der Waals surface area contributed by atoms with E-state index in [1.165, 1.54) is 0 Å². The molecule has 0 aromatic rings. The van der Waals surface area contributed by atoms with Gasteiger partial charge in [-0.2, -0.15) is 0 Å². The van der Waals surface area contributed by atoms with Crippen LogP contribution >= 0.6 is 0 Å². The number of nitrogens with zero attached hydrogens (tertiary/aromatic N) is 2. The van der Waals surface area contributed by atoms with Crippen LogP contribution in [0.2, 0.25) is 0 Å². The monoisotopic (exact) mass is 142 g/mol. The molecule has 0 saturated heterocycles. The first-order chi connectivity index (χ1) is 4.21. The number of hydrogen-bond donors (Lipinski definition) is 0. The Bertz CT molecular complexity index is 140. The summed E-state index contributed by atoms with van der Waals surface area (Å²) in [6, 6.07) is 6.24. The van der Waals surface area contributed by atoms with E-state index in [0.29, 0.717) is 8.97 Å². The van der Waals surface area contributed by atoms with Gasteiger partial charge in [0.05, 0.1) is 42.3 Å². The minimum absolute atomic E-state index is 0.704. The van der Waals surface area contributed by atoms with Crippen molar-refractivity contribution in [2.75, 3.05) is 42.3 Å². The summed E-state index contributed by atoms with van der Waals surface area (Å²) in [5.41, 5.74) is 0. The fourth-order valence-corrected chi connectivity index (χ4v) is 0.300. The van der Waals surface area contributed by atoms with Crippen LogP contribution in [0.1, 0.15) is 0 Å². The van der Waals surface area contributed by atoms with Crippen LogP contribution in [-0.2, 0) is 0 Å². The summed E-state index contributed by atoms with van der Waals surface area (Å²) in [6.45, 7) is 0. The Kier molecular flexibility index (Phi) is 2.48. The molecule has 0 saturated carbocycles. The molecule has 0 bridgehead atoms. The van der Waals surface area contributed by atoms with E-state index in [-0.39, 0.29) is 0 Å². The summed E-state index contributed by atoms with van der Waals surface area (Å²) in [5, 5.41) is 0. The quantitative estimate of drug-likeness (QED) is 0.337. The highest BCUT2D eigenvalue weighted by atomic mass is 15.3. The van der Waals surface area contributed by atoms with E-state index >= 15 is 0 Å². The zero-order valence-electron chi connectivity index (χ0n) is 7.89. The van der Waals surface area contributed by atoms with Crippen molar-refractivity contribution in [1.82, 2.24) is 0 Å². The Morgan fingerprint density at radius 3 is 0.900 bits per heavy atom. The van der Waals surface area contributed by atoms with Crippen LogP contribution in [0.25, 0.3) is 0 Å². The highest BCUT2D eigenvalue weighted by Crippen LogP contribution is 1.88. The van der Waals surface area contributed by atoms with Crippen molar-refractivity contribution in [2.45, 2.75) is 0 Å². The van der Waals surface area contributed by atoms with Gasteiger partial charge in [0.25, 0.3) is 0 Å². The molecule has 0 N–H and O–H groups in total.